The molecule has 0 amide bonds. The minimum absolute atomic E-state index is 0.284. The summed E-state index contributed by atoms with van der Waals surface area (Å²) in [6.45, 7) is 0. The van der Waals surface area contributed by atoms with E-state index in [2.05, 4.69) is 72.8 Å². The molecule has 0 unspecified atom stereocenters. The number of hydrogen-bond donors (Lipinski definition) is 0. The van der Waals surface area contributed by atoms with Crippen LogP contribution in [0.1, 0.15) is 12.8 Å². The normalized spacial score (nSPS) is 12.0. The van der Waals surface area contributed by atoms with Crippen LogP contribution in [0.5, 0.6) is 0 Å². The molecule has 0 fully saturated rings. The van der Waals surface area contributed by atoms with Gasteiger partial charge >= 0.3 is 166 Å². The van der Waals surface area contributed by atoms with E-state index < -0.39 is 28.5 Å². The Hall–Kier alpha value is -1.63. The molecule has 0 N–H and O–H groups in total. The van der Waals surface area contributed by atoms with E-state index >= 15 is 0 Å². The van der Waals surface area contributed by atoms with Gasteiger partial charge in [0.15, 0.2) is 0 Å². The van der Waals surface area contributed by atoms with Crippen molar-refractivity contribution in [3.8, 4) is 0 Å². The van der Waals surface area contributed by atoms with Gasteiger partial charge < -0.3 is 0 Å². The monoisotopic (exact) mass is 487 g/mol. The van der Waals surface area contributed by atoms with Gasteiger partial charge in [-0.1, -0.05) is 0 Å². The first-order valence-electron chi connectivity index (χ1n) is 9.12. The van der Waals surface area contributed by atoms with Crippen molar-refractivity contribution in [3.63, 3.8) is 0 Å². The first-order chi connectivity index (χ1) is 13.0. The van der Waals surface area contributed by atoms with Crippen molar-refractivity contribution in [1.82, 2.24) is 0 Å². The maximum absolute atomic E-state index is 11.0. The van der Waals surface area contributed by atoms with Crippen molar-refractivity contribution in [1.29, 1.82) is 0 Å². The van der Waals surface area contributed by atoms with E-state index in [0.717, 1.165) is 10.9 Å². The molecule has 3 aromatic carbocycles. The third-order valence-electron chi connectivity index (χ3n) is 5.00. The summed E-state index contributed by atoms with van der Waals surface area (Å²) in [6.07, 6.45) is 1.15. The predicted molar refractivity (Wildman–Crippen MR) is 113 cm³/mol. The molecule has 3 nitrogen and oxygen atoms in total. The molecule has 0 radical (unpaired) electrons. The van der Waals surface area contributed by atoms with Crippen LogP contribution in [0.3, 0.4) is 0 Å². The van der Waals surface area contributed by atoms with Gasteiger partial charge in [-0.05, 0) is 0 Å². The van der Waals surface area contributed by atoms with Crippen molar-refractivity contribution in [2.45, 2.75) is 17.3 Å². The number of hydrogen-bond acceptors (Lipinski definition) is 3. The van der Waals surface area contributed by atoms with E-state index in [4.69, 9.17) is 0 Å². The Kier molecular flexibility index (Phi) is 6.73. The van der Waals surface area contributed by atoms with E-state index in [1.54, 1.807) is 0 Å². The first-order valence-corrected chi connectivity index (χ1v) is 17.0. The standard InChI is InChI=1S/3C6H5.C4H9O3S.Sn/c3*1-2-4-6-5-3-1;1-2-3-4-8(5,6)7;/h3*1-5H;1-4H2,(H,5,6,7);/p-1. The molecule has 0 heterocycles. The summed E-state index contributed by atoms with van der Waals surface area (Å²) in [5.74, 6) is -0.284. The van der Waals surface area contributed by atoms with Crippen LogP contribution in [0, 0.1) is 0 Å². The van der Waals surface area contributed by atoms with E-state index in [9.17, 15) is 13.0 Å². The Bertz CT molecular complexity index is 846. The second-order valence-electron chi connectivity index (χ2n) is 6.72. The third-order valence-corrected chi connectivity index (χ3v) is 20.2. The second-order valence-corrected chi connectivity index (χ2v) is 19.8. The van der Waals surface area contributed by atoms with Crippen molar-refractivity contribution in [2.24, 2.45) is 0 Å². The molecule has 0 aliphatic rings. The maximum atomic E-state index is 11.0. The summed E-state index contributed by atoms with van der Waals surface area (Å²) < 4.78 is 38.1. The molecule has 0 saturated heterocycles. The summed E-state index contributed by atoms with van der Waals surface area (Å²) in [4.78, 5) is 0. The molecular formula is C22H23O3SSn-. The fraction of sp³-hybridized carbons (Fsp3) is 0.182. The van der Waals surface area contributed by atoms with Gasteiger partial charge in [0.05, 0.1) is 0 Å². The summed E-state index contributed by atoms with van der Waals surface area (Å²) in [5.41, 5.74) is 0. The van der Waals surface area contributed by atoms with E-state index in [1.807, 2.05) is 18.2 Å². The van der Waals surface area contributed by atoms with Crippen LogP contribution in [0.25, 0.3) is 0 Å². The zero-order valence-electron chi connectivity index (χ0n) is 15.1. The van der Waals surface area contributed by atoms with Gasteiger partial charge in [-0.2, -0.15) is 0 Å². The SMILES string of the molecule is O=S(=O)([O-])CCC[CH2][Sn]([c]1ccccc1)([c]1ccccc1)[c]1ccccc1. The van der Waals surface area contributed by atoms with Crippen molar-refractivity contribution in [3.05, 3.63) is 91.0 Å². The fourth-order valence-corrected chi connectivity index (χ4v) is 18.4. The van der Waals surface area contributed by atoms with Crippen LogP contribution >= 0.6 is 0 Å². The van der Waals surface area contributed by atoms with Crippen LogP contribution in [-0.2, 0) is 10.1 Å². The van der Waals surface area contributed by atoms with E-state index in [0.29, 0.717) is 6.42 Å². The molecule has 27 heavy (non-hydrogen) atoms. The predicted octanol–water partition coefficient (Wildman–Crippen LogP) is 2.48. The van der Waals surface area contributed by atoms with Crippen LogP contribution in [-0.4, -0.2) is 37.1 Å². The molecule has 3 rings (SSSR count). The van der Waals surface area contributed by atoms with Gasteiger partial charge in [0.1, 0.15) is 0 Å². The van der Waals surface area contributed by atoms with Gasteiger partial charge in [0.25, 0.3) is 0 Å². The van der Waals surface area contributed by atoms with Gasteiger partial charge in [0, 0.05) is 0 Å². The summed E-state index contributed by atoms with van der Waals surface area (Å²) in [5, 5.41) is 0. The van der Waals surface area contributed by atoms with Gasteiger partial charge in [0.2, 0.25) is 0 Å². The van der Waals surface area contributed by atoms with Crippen LogP contribution in [0.4, 0.5) is 0 Å². The molecule has 5 heteroatoms. The number of benzene rings is 3. The summed E-state index contributed by atoms with van der Waals surface area (Å²) in [6, 6.07) is 31.8. The Morgan fingerprint density at radius 2 is 1.00 bits per heavy atom. The minimum atomic E-state index is -4.16. The van der Waals surface area contributed by atoms with E-state index in [-0.39, 0.29) is 5.75 Å². The summed E-state index contributed by atoms with van der Waals surface area (Å²) >= 11 is -3.30. The molecule has 140 valence electrons. The molecule has 3 aromatic rings. The van der Waals surface area contributed by atoms with Gasteiger partial charge in [-0.3, -0.25) is 0 Å². The zero-order valence-corrected chi connectivity index (χ0v) is 18.8. The van der Waals surface area contributed by atoms with Crippen molar-refractivity contribution < 1.29 is 13.0 Å². The average Bonchev–Trinajstić information content (AvgIpc) is 2.70. The second kappa shape index (κ2) is 9.04. The molecule has 0 atom stereocenters. The van der Waals surface area contributed by atoms with Crippen LogP contribution < -0.4 is 10.7 Å². The molecule has 0 bridgehead atoms. The first kappa shape index (κ1) is 20.1. The van der Waals surface area contributed by atoms with Crippen molar-refractivity contribution in [2.75, 3.05) is 5.75 Å². The number of unbranched alkanes of at least 4 members (excludes halogenated alkanes) is 1. The molecule has 0 saturated carbocycles. The molecule has 0 spiro atoms. The summed E-state index contributed by atoms with van der Waals surface area (Å²) in [7, 11) is -4.16. The molecule has 0 aliphatic carbocycles. The van der Waals surface area contributed by atoms with Crippen LogP contribution in [0.15, 0.2) is 91.0 Å². The van der Waals surface area contributed by atoms with Gasteiger partial charge in [-0.25, -0.2) is 0 Å². The Morgan fingerprint density at radius 1 is 0.630 bits per heavy atom. The molecule has 0 aliphatic heterocycles. The van der Waals surface area contributed by atoms with E-state index in [1.165, 1.54) is 10.7 Å². The van der Waals surface area contributed by atoms with Gasteiger partial charge in [-0.15, -0.1) is 0 Å². The fourth-order valence-electron chi connectivity index (χ4n) is 3.77. The quantitative estimate of drug-likeness (QED) is 0.280. The average molecular weight is 486 g/mol. The third kappa shape index (κ3) is 5.00. The molecule has 0 aromatic heterocycles. The Labute approximate surface area is 165 Å². The van der Waals surface area contributed by atoms with Crippen LogP contribution in [0.2, 0.25) is 4.44 Å². The van der Waals surface area contributed by atoms with Crippen molar-refractivity contribution >= 4 is 39.2 Å². The topological polar surface area (TPSA) is 57.2 Å². The number of rotatable bonds is 8. The Morgan fingerprint density at radius 3 is 1.33 bits per heavy atom. The zero-order chi connectivity index (χ0) is 19.2. The Balaban J connectivity index is 2.08. The molecular weight excluding hydrogens is 463 g/mol.